The Morgan fingerprint density at radius 1 is 1.33 bits per heavy atom. The highest BCUT2D eigenvalue weighted by Gasteiger charge is 2.05. The van der Waals surface area contributed by atoms with Crippen molar-refractivity contribution >= 4 is 11.8 Å². The molecule has 0 bridgehead atoms. The van der Waals surface area contributed by atoms with Crippen LogP contribution in [0.15, 0.2) is 24.3 Å². The predicted octanol–water partition coefficient (Wildman–Crippen LogP) is 2.44. The molecule has 0 heterocycles. The molecule has 0 saturated heterocycles. The lowest BCUT2D eigenvalue weighted by atomic mass is 10.1. The first-order chi connectivity index (χ1) is 8.54. The Labute approximate surface area is 105 Å². The molecule has 6 heteroatoms. The van der Waals surface area contributed by atoms with Gasteiger partial charge in [-0.15, -0.1) is 0 Å². The number of nitro benzene ring substituents is 1. The van der Waals surface area contributed by atoms with Crippen LogP contribution in [-0.2, 0) is 9.59 Å². The summed E-state index contributed by atoms with van der Waals surface area (Å²) in [5.74, 6) is 1.18. The average molecular weight is 253 g/mol. The standard InChI is InChI=1S/C11H15NO3.CO2/c1-3-9(2)8-15-11-6-4-10(5-7-11)12(13)14;2-1-3/h4-7,9H,3,8H2,1-2H3;. The molecule has 0 aliphatic rings. The average Bonchev–Trinajstić information content (AvgIpc) is 2.37. The van der Waals surface area contributed by atoms with Crippen LogP contribution in [0.25, 0.3) is 0 Å². The van der Waals surface area contributed by atoms with Crippen LogP contribution in [-0.4, -0.2) is 17.7 Å². The van der Waals surface area contributed by atoms with Crippen LogP contribution in [0.5, 0.6) is 5.75 Å². The second kappa shape index (κ2) is 8.90. The van der Waals surface area contributed by atoms with E-state index in [0.717, 1.165) is 6.42 Å². The van der Waals surface area contributed by atoms with Crippen molar-refractivity contribution in [1.82, 2.24) is 0 Å². The number of nitro groups is 1. The van der Waals surface area contributed by atoms with Crippen LogP contribution in [0.3, 0.4) is 0 Å². The van der Waals surface area contributed by atoms with E-state index in [0.29, 0.717) is 18.3 Å². The lowest BCUT2D eigenvalue weighted by molar-refractivity contribution is -0.384. The molecule has 0 amide bonds. The molecule has 0 N–H and O–H groups in total. The molecule has 0 aliphatic heterocycles. The van der Waals surface area contributed by atoms with Gasteiger partial charge in [0.05, 0.1) is 11.5 Å². The highest BCUT2D eigenvalue weighted by Crippen LogP contribution is 2.18. The van der Waals surface area contributed by atoms with E-state index >= 15 is 0 Å². The lowest BCUT2D eigenvalue weighted by Crippen LogP contribution is -2.07. The molecule has 1 unspecified atom stereocenters. The number of nitrogens with zero attached hydrogens (tertiary/aromatic N) is 1. The molecular formula is C12H15NO5. The van der Waals surface area contributed by atoms with Crippen molar-refractivity contribution in [3.63, 3.8) is 0 Å². The van der Waals surface area contributed by atoms with Crippen LogP contribution in [0.4, 0.5) is 5.69 Å². The van der Waals surface area contributed by atoms with Crippen molar-refractivity contribution in [3.8, 4) is 5.75 Å². The molecule has 0 saturated carbocycles. The molecule has 0 spiro atoms. The Morgan fingerprint density at radius 3 is 2.22 bits per heavy atom. The second-order valence-corrected chi connectivity index (χ2v) is 3.66. The molecule has 1 aromatic carbocycles. The number of hydrogen-bond acceptors (Lipinski definition) is 5. The van der Waals surface area contributed by atoms with Gasteiger partial charge in [0.15, 0.2) is 0 Å². The summed E-state index contributed by atoms with van der Waals surface area (Å²) >= 11 is 0. The van der Waals surface area contributed by atoms with Crippen LogP contribution < -0.4 is 4.74 Å². The third kappa shape index (κ3) is 6.40. The molecule has 0 fully saturated rings. The van der Waals surface area contributed by atoms with E-state index in [1.165, 1.54) is 12.1 Å². The maximum Gasteiger partial charge on any atom is 0.373 e. The van der Waals surface area contributed by atoms with Crippen LogP contribution in [0.2, 0.25) is 0 Å². The Morgan fingerprint density at radius 2 is 1.83 bits per heavy atom. The molecule has 18 heavy (non-hydrogen) atoms. The van der Waals surface area contributed by atoms with E-state index in [1.54, 1.807) is 12.1 Å². The van der Waals surface area contributed by atoms with Gasteiger partial charge in [0.25, 0.3) is 5.69 Å². The Kier molecular flexibility index (Phi) is 7.81. The highest BCUT2D eigenvalue weighted by molar-refractivity contribution is 5.35. The van der Waals surface area contributed by atoms with Crippen molar-refractivity contribution < 1.29 is 19.2 Å². The Hall–Kier alpha value is -2.20. The summed E-state index contributed by atoms with van der Waals surface area (Å²) < 4.78 is 5.47. The van der Waals surface area contributed by atoms with Gasteiger partial charge in [0.2, 0.25) is 0 Å². The molecular weight excluding hydrogens is 238 g/mol. The summed E-state index contributed by atoms with van der Waals surface area (Å²) in [6.07, 6.45) is 1.31. The van der Waals surface area contributed by atoms with Crippen LogP contribution >= 0.6 is 0 Å². The van der Waals surface area contributed by atoms with E-state index in [1.807, 2.05) is 0 Å². The minimum absolute atomic E-state index is 0.0888. The fourth-order valence-corrected chi connectivity index (χ4v) is 1.02. The quantitative estimate of drug-likeness (QED) is 0.594. The van der Waals surface area contributed by atoms with Crippen molar-refractivity contribution in [2.24, 2.45) is 5.92 Å². The van der Waals surface area contributed by atoms with E-state index in [2.05, 4.69) is 13.8 Å². The van der Waals surface area contributed by atoms with Crippen LogP contribution in [0.1, 0.15) is 20.3 Å². The third-order valence-electron chi connectivity index (χ3n) is 2.28. The number of non-ortho nitro benzene ring substituents is 1. The van der Waals surface area contributed by atoms with E-state index in [9.17, 15) is 10.1 Å². The summed E-state index contributed by atoms with van der Waals surface area (Å²) in [7, 11) is 0. The number of benzene rings is 1. The Bertz CT molecular complexity index is 395. The van der Waals surface area contributed by atoms with Gasteiger partial charge < -0.3 is 4.74 Å². The summed E-state index contributed by atoms with van der Waals surface area (Å²) in [5.41, 5.74) is 0.0888. The van der Waals surface area contributed by atoms with Gasteiger partial charge in [0.1, 0.15) is 5.75 Å². The van der Waals surface area contributed by atoms with E-state index in [4.69, 9.17) is 14.3 Å². The van der Waals surface area contributed by atoms with Gasteiger partial charge in [-0.1, -0.05) is 20.3 Å². The van der Waals surface area contributed by atoms with Crippen molar-refractivity contribution in [3.05, 3.63) is 34.4 Å². The van der Waals surface area contributed by atoms with Crippen molar-refractivity contribution in [1.29, 1.82) is 0 Å². The van der Waals surface area contributed by atoms with Gasteiger partial charge in [-0.05, 0) is 18.1 Å². The first-order valence-corrected chi connectivity index (χ1v) is 5.41. The molecule has 0 aromatic heterocycles. The summed E-state index contributed by atoms with van der Waals surface area (Å²) in [5, 5.41) is 10.4. The zero-order chi connectivity index (χ0) is 14.0. The first-order valence-electron chi connectivity index (χ1n) is 5.41. The molecule has 6 nitrogen and oxygen atoms in total. The predicted molar refractivity (Wildman–Crippen MR) is 63.1 cm³/mol. The van der Waals surface area contributed by atoms with E-state index in [-0.39, 0.29) is 11.8 Å². The smallest absolute Gasteiger partial charge is 0.373 e. The summed E-state index contributed by atoms with van der Waals surface area (Å²) in [4.78, 5) is 26.2. The minimum atomic E-state index is -0.418. The highest BCUT2D eigenvalue weighted by atomic mass is 16.6. The van der Waals surface area contributed by atoms with Crippen molar-refractivity contribution in [2.75, 3.05) is 6.61 Å². The first kappa shape index (κ1) is 15.8. The molecule has 1 aromatic rings. The second-order valence-electron chi connectivity index (χ2n) is 3.66. The van der Waals surface area contributed by atoms with Crippen LogP contribution in [0, 0.1) is 16.0 Å². The number of carbonyl (C=O) groups excluding carboxylic acids is 2. The van der Waals surface area contributed by atoms with Gasteiger partial charge in [-0.2, -0.15) is 9.59 Å². The third-order valence-corrected chi connectivity index (χ3v) is 2.28. The monoisotopic (exact) mass is 253 g/mol. The number of hydrogen-bond donors (Lipinski definition) is 0. The van der Waals surface area contributed by atoms with Gasteiger partial charge in [-0.25, -0.2) is 0 Å². The number of rotatable bonds is 5. The largest absolute Gasteiger partial charge is 0.493 e. The minimum Gasteiger partial charge on any atom is -0.493 e. The normalized spacial score (nSPS) is 10.6. The molecule has 1 rings (SSSR count). The van der Waals surface area contributed by atoms with Gasteiger partial charge in [-0.3, -0.25) is 10.1 Å². The maximum atomic E-state index is 10.4. The summed E-state index contributed by atoms with van der Waals surface area (Å²) in [6.45, 7) is 4.85. The van der Waals surface area contributed by atoms with Crippen molar-refractivity contribution in [2.45, 2.75) is 20.3 Å². The van der Waals surface area contributed by atoms with Gasteiger partial charge >= 0.3 is 6.15 Å². The topological polar surface area (TPSA) is 86.5 Å². The zero-order valence-electron chi connectivity index (χ0n) is 10.3. The Balaban J connectivity index is 0.000000873. The summed E-state index contributed by atoms with van der Waals surface area (Å²) in [6, 6.07) is 6.15. The molecule has 98 valence electrons. The molecule has 1 atom stereocenters. The number of ether oxygens (including phenoxy) is 1. The SMILES string of the molecule is CCC(C)COc1ccc([N+](=O)[O-])cc1.O=C=O. The van der Waals surface area contributed by atoms with Gasteiger partial charge in [0, 0.05) is 12.1 Å². The molecule has 0 aliphatic carbocycles. The molecule has 0 radical (unpaired) electrons. The van der Waals surface area contributed by atoms with E-state index < -0.39 is 4.92 Å². The maximum absolute atomic E-state index is 10.4. The zero-order valence-corrected chi connectivity index (χ0v) is 10.3. The fourth-order valence-electron chi connectivity index (χ4n) is 1.02. The lowest BCUT2D eigenvalue weighted by Gasteiger charge is -2.10. The fraction of sp³-hybridized carbons (Fsp3) is 0.417.